The van der Waals surface area contributed by atoms with Gasteiger partial charge in [0.2, 0.25) is 5.78 Å². The average Bonchev–Trinajstić information content (AvgIpc) is 2.72. The first-order valence-electron chi connectivity index (χ1n) is 9.80. The van der Waals surface area contributed by atoms with Crippen LogP contribution in [0.15, 0.2) is 18.2 Å². The topological polar surface area (TPSA) is 157 Å². The van der Waals surface area contributed by atoms with Crippen LogP contribution in [0.4, 0.5) is 0 Å². The molecule has 1 saturated heterocycles. The van der Waals surface area contributed by atoms with E-state index in [1.165, 1.54) is 13.2 Å². The molecule has 6 N–H and O–H groups in total. The van der Waals surface area contributed by atoms with Crippen molar-refractivity contribution >= 4 is 5.78 Å². The van der Waals surface area contributed by atoms with E-state index in [2.05, 4.69) is 0 Å². The molecular formula is C22H24O9. The zero-order valence-electron chi connectivity index (χ0n) is 16.9. The van der Waals surface area contributed by atoms with Crippen molar-refractivity contribution in [3.63, 3.8) is 0 Å². The van der Waals surface area contributed by atoms with Gasteiger partial charge in [-0.05, 0) is 36.1 Å². The van der Waals surface area contributed by atoms with E-state index < -0.39 is 48.7 Å². The third-order valence-corrected chi connectivity index (χ3v) is 6.05. The Kier molecular flexibility index (Phi) is 5.40. The Morgan fingerprint density at radius 1 is 1.03 bits per heavy atom. The largest absolute Gasteiger partial charge is 0.507 e. The Labute approximate surface area is 177 Å². The summed E-state index contributed by atoms with van der Waals surface area (Å²) in [4.78, 5) is 13.2. The summed E-state index contributed by atoms with van der Waals surface area (Å²) in [5.41, 5.74) is 1.64. The standard InChI is InChI=1S/C22H24O9/c1-8-3-9-4-10-5-11(30-2)6-12(24)15(10)19(27)16(9)18(26)14(8)22-21(29)20(28)17(25)13(7-23)31-22/h3,5-6,13,17,20-26,28-29H,4,7H2,1-2H3/t13-,17-,20+,21-,22+/m1/s1. The van der Waals surface area contributed by atoms with Gasteiger partial charge in [-0.3, -0.25) is 4.79 Å². The lowest BCUT2D eigenvalue weighted by Gasteiger charge is -2.41. The second kappa shape index (κ2) is 7.77. The average molecular weight is 432 g/mol. The molecule has 0 aromatic heterocycles. The molecule has 2 aromatic carbocycles. The number of aliphatic hydroxyl groups excluding tert-OH is 4. The summed E-state index contributed by atoms with van der Waals surface area (Å²) >= 11 is 0. The molecule has 4 rings (SSSR count). The molecule has 9 nitrogen and oxygen atoms in total. The van der Waals surface area contributed by atoms with Crippen LogP contribution < -0.4 is 4.74 Å². The highest BCUT2D eigenvalue weighted by Crippen LogP contribution is 2.45. The Balaban J connectivity index is 1.84. The normalized spacial score (nSPS) is 27.5. The highest BCUT2D eigenvalue weighted by molar-refractivity contribution is 6.16. The van der Waals surface area contributed by atoms with Crippen molar-refractivity contribution in [2.45, 2.75) is 43.9 Å². The first kappa shape index (κ1) is 21.5. The van der Waals surface area contributed by atoms with Crippen LogP contribution in [-0.2, 0) is 11.2 Å². The van der Waals surface area contributed by atoms with Crippen LogP contribution >= 0.6 is 0 Å². The van der Waals surface area contributed by atoms with Crippen LogP contribution in [0.1, 0.15) is 44.3 Å². The quantitative estimate of drug-likeness (QED) is 0.337. The monoisotopic (exact) mass is 432 g/mol. The highest BCUT2D eigenvalue weighted by atomic mass is 16.5. The van der Waals surface area contributed by atoms with Gasteiger partial charge in [0.1, 0.15) is 47.8 Å². The molecule has 1 aliphatic carbocycles. The van der Waals surface area contributed by atoms with Gasteiger partial charge >= 0.3 is 0 Å². The van der Waals surface area contributed by atoms with Crippen LogP contribution in [0.5, 0.6) is 17.2 Å². The van der Waals surface area contributed by atoms with Crippen LogP contribution in [0.3, 0.4) is 0 Å². The number of fused-ring (bicyclic) bond motifs is 2. The number of methoxy groups -OCH3 is 1. The number of phenolic OH excluding ortho intramolecular Hbond substituents is 2. The van der Waals surface area contributed by atoms with Gasteiger partial charge in [-0.1, -0.05) is 6.07 Å². The molecule has 9 heteroatoms. The maximum atomic E-state index is 13.2. The molecular weight excluding hydrogens is 408 g/mol. The summed E-state index contributed by atoms with van der Waals surface area (Å²) in [5, 5.41) is 61.5. The number of carbonyl (C=O) groups is 1. The summed E-state index contributed by atoms with van der Waals surface area (Å²) in [5.74, 6) is -0.921. The first-order chi connectivity index (χ1) is 14.7. The fourth-order valence-electron chi connectivity index (χ4n) is 4.48. The lowest BCUT2D eigenvalue weighted by atomic mass is 9.79. The Bertz CT molecular complexity index is 1050. The molecule has 0 bridgehead atoms. The van der Waals surface area contributed by atoms with Crippen LogP contribution in [0, 0.1) is 6.92 Å². The molecule has 0 amide bonds. The Morgan fingerprint density at radius 3 is 2.35 bits per heavy atom. The second-order valence-corrected chi connectivity index (χ2v) is 7.93. The molecule has 5 atom stereocenters. The number of ether oxygens (including phenoxy) is 2. The molecule has 0 unspecified atom stereocenters. The van der Waals surface area contributed by atoms with Crippen molar-refractivity contribution < 1.29 is 44.9 Å². The summed E-state index contributed by atoms with van der Waals surface area (Å²) < 4.78 is 10.7. The lowest BCUT2D eigenvalue weighted by molar-refractivity contribution is -0.232. The molecule has 166 valence electrons. The summed E-state index contributed by atoms with van der Waals surface area (Å²) in [7, 11) is 1.45. The van der Waals surface area contributed by atoms with Gasteiger partial charge in [-0.15, -0.1) is 0 Å². The van der Waals surface area contributed by atoms with E-state index in [1.54, 1.807) is 19.1 Å². The van der Waals surface area contributed by atoms with Crippen molar-refractivity contribution in [1.29, 1.82) is 0 Å². The SMILES string of the molecule is COc1cc(O)c2c(c1)Cc1cc(C)c([C@@H]3O[C@H](CO)[C@@H](O)[C@H](O)[C@H]3O)c(O)c1C2=O. The van der Waals surface area contributed by atoms with Gasteiger partial charge in [0.25, 0.3) is 0 Å². The minimum absolute atomic E-state index is 0.0365. The van der Waals surface area contributed by atoms with E-state index in [9.17, 15) is 35.4 Å². The van der Waals surface area contributed by atoms with Gasteiger partial charge in [0.05, 0.1) is 24.8 Å². The number of rotatable bonds is 3. The first-order valence-corrected chi connectivity index (χ1v) is 9.80. The summed E-state index contributed by atoms with van der Waals surface area (Å²) in [6.45, 7) is 1.04. The zero-order chi connectivity index (χ0) is 22.6. The minimum Gasteiger partial charge on any atom is -0.507 e. The molecule has 0 saturated carbocycles. The molecule has 1 heterocycles. The second-order valence-electron chi connectivity index (χ2n) is 7.93. The number of benzene rings is 2. The number of ketones is 1. The molecule has 2 aliphatic rings. The number of aliphatic hydroxyl groups is 4. The number of aryl methyl sites for hydroxylation is 1. The van der Waals surface area contributed by atoms with Gasteiger partial charge in [0, 0.05) is 11.6 Å². The van der Waals surface area contributed by atoms with Crippen molar-refractivity contribution in [2.24, 2.45) is 0 Å². The van der Waals surface area contributed by atoms with Gasteiger partial charge in [-0.2, -0.15) is 0 Å². The maximum Gasteiger partial charge on any atom is 0.201 e. The summed E-state index contributed by atoms with van der Waals surface area (Å²) in [6, 6.07) is 4.63. The van der Waals surface area contributed by atoms with Crippen molar-refractivity contribution in [1.82, 2.24) is 0 Å². The Hall–Kier alpha value is -2.69. The fraction of sp³-hybridized carbons (Fsp3) is 0.409. The van der Waals surface area contributed by atoms with E-state index >= 15 is 0 Å². The third kappa shape index (κ3) is 3.26. The predicted octanol–water partition coefficient (Wildman–Crippen LogP) is 0.0649. The summed E-state index contributed by atoms with van der Waals surface area (Å²) in [6.07, 6.45) is -6.98. The highest BCUT2D eigenvalue weighted by Gasteiger charge is 2.46. The van der Waals surface area contributed by atoms with Crippen LogP contribution in [-0.4, -0.2) is 74.6 Å². The molecule has 0 spiro atoms. The Morgan fingerprint density at radius 2 is 1.71 bits per heavy atom. The van der Waals surface area contributed by atoms with E-state index in [0.29, 0.717) is 22.4 Å². The molecule has 1 fully saturated rings. The smallest absolute Gasteiger partial charge is 0.201 e. The third-order valence-electron chi connectivity index (χ3n) is 6.05. The maximum absolute atomic E-state index is 13.2. The number of aromatic hydroxyl groups is 2. The van der Waals surface area contributed by atoms with Crippen molar-refractivity contribution in [2.75, 3.05) is 13.7 Å². The van der Waals surface area contributed by atoms with Crippen molar-refractivity contribution in [3.05, 3.63) is 51.6 Å². The van der Waals surface area contributed by atoms with E-state index in [4.69, 9.17) is 9.47 Å². The lowest BCUT2D eigenvalue weighted by Crippen LogP contribution is -2.55. The number of hydrogen-bond donors (Lipinski definition) is 6. The molecule has 31 heavy (non-hydrogen) atoms. The zero-order valence-corrected chi connectivity index (χ0v) is 16.9. The van der Waals surface area contributed by atoms with Gasteiger partial charge < -0.3 is 40.1 Å². The fourth-order valence-corrected chi connectivity index (χ4v) is 4.48. The van der Waals surface area contributed by atoms with Gasteiger partial charge in [-0.25, -0.2) is 0 Å². The van der Waals surface area contributed by atoms with E-state index in [0.717, 1.165) is 0 Å². The van der Waals surface area contributed by atoms with Crippen molar-refractivity contribution in [3.8, 4) is 17.2 Å². The number of carbonyl (C=O) groups excluding carboxylic acids is 1. The van der Waals surface area contributed by atoms with Gasteiger partial charge in [0.15, 0.2) is 0 Å². The number of phenols is 2. The van der Waals surface area contributed by atoms with Crippen LogP contribution in [0.2, 0.25) is 0 Å². The minimum atomic E-state index is -1.63. The van der Waals surface area contributed by atoms with Crippen LogP contribution in [0.25, 0.3) is 0 Å². The predicted molar refractivity (Wildman–Crippen MR) is 106 cm³/mol. The molecule has 0 radical (unpaired) electrons. The van der Waals surface area contributed by atoms with E-state index in [1.807, 2.05) is 0 Å². The molecule has 1 aliphatic heterocycles. The number of hydrogen-bond acceptors (Lipinski definition) is 9. The van der Waals surface area contributed by atoms with E-state index in [-0.39, 0.29) is 28.9 Å². The molecule has 2 aromatic rings.